The van der Waals surface area contributed by atoms with Gasteiger partial charge < -0.3 is 24.4 Å². The number of anilines is 1. The van der Waals surface area contributed by atoms with Crippen molar-refractivity contribution in [2.45, 2.75) is 57.6 Å². The number of nitrogens with one attached hydrogen (secondary N) is 1. The molecule has 2 amide bonds. The molecule has 1 N–H and O–H groups in total. The molecule has 0 radical (unpaired) electrons. The number of hydrogen-bond acceptors (Lipinski definition) is 7. The molecule has 0 spiro atoms. The Bertz CT molecular complexity index is 1580. The summed E-state index contributed by atoms with van der Waals surface area (Å²) in [6, 6.07) is 14.3. The van der Waals surface area contributed by atoms with Crippen LogP contribution in [0.2, 0.25) is 10.0 Å². The number of carbonyl (C=O) groups is 2. The summed E-state index contributed by atoms with van der Waals surface area (Å²) in [7, 11) is -1.52. The van der Waals surface area contributed by atoms with Crippen molar-refractivity contribution < 1.29 is 32.2 Å². The van der Waals surface area contributed by atoms with E-state index in [1.165, 1.54) is 37.3 Å². The van der Waals surface area contributed by atoms with Gasteiger partial charge in [-0.25, -0.2) is 8.42 Å². The average molecular weight is 681 g/mol. The molecule has 0 aromatic heterocycles. The van der Waals surface area contributed by atoms with E-state index in [0.717, 1.165) is 4.31 Å². The minimum absolute atomic E-state index is 0.0631. The number of amides is 2. The highest BCUT2D eigenvalue weighted by Gasteiger charge is 2.34. The van der Waals surface area contributed by atoms with E-state index in [0.29, 0.717) is 33.7 Å². The summed E-state index contributed by atoms with van der Waals surface area (Å²) >= 11 is 12.6. The fourth-order valence-corrected chi connectivity index (χ4v) is 6.54. The van der Waals surface area contributed by atoms with Gasteiger partial charge in [-0.3, -0.25) is 13.9 Å². The maximum Gasteiger partial charge on any atom is 0.264 e. The number of hydrogen-bond donors (Lipinski definition) is 1. The monoisotopic (exact) mass is 679 g/mol. The second-order valence-electron chi connectivity index (χ2n) is 10.3. The number of sulfonamides is 1. The molecule has 0 aliphatic rings. The van der Waals surface area contributed by atoms with Gasteiger partial charge in [-0.1, -0.05) is 36.2 Å². The van der Waals surface area contributed by atoms with Crippen LogP contribution in [0.15, 0.2) is 65.6 Å². The highest BCUT2D eigenvalue weighted by molar-refractivity contribution is 7.92. The lowest BCUT2D eigenvalue weighted by molar-refractivity contribution is -0.140. The molecule has 3 aromatic carbocycles. The normalized spacial score (nSPS) is 11.9. The Morgan fingerprint density at radius 1 is 0.911 bits per heavy atom. The summed E-state index contributed by atoms with van der Waals surface area (Å²) in [6.07, 6.45) is 0.265. The second kappa shape index (κ2) is 16.1. The molecule has 0 fully saturated rings. The van der Waals surface area contributed by atoms with Gasteiger partial charge in [-0.05, 0) is 81.3 Å². The van der Waals surface area contributed by atoms with Crippen molar-refractivity contribution in [3.8, 4) is 17.2 Å². The van der Waals surface area contributed by atoms with Crippen LogP contribution in [0.5, 0.6) is 17.2 Å². The lowest BCUT2D eigenvalue weighted by atomic mass is 10.1. The van der Waals surface area contributed by atoms with E-state index in [1.54, 1.807) is 49.4 Å². The highest BCUT2D eigenvalue weighted by atomic mass is 35.5. The number of rotatable bonds is 15. The van der Waals surface area contributed by atoms with E-state index >= 15 is 0 Å². The lowest BCUT2D eigenvalue weighted by Gasteiger charge is -2.33. The topological polar surface area (TPSA) is 114 Å². The largest absolute Gasteiger partial charge is 0.494 e. The molecule has 13 heteroatoms. The Balaban J connectivity index is 2.13. The number of ether oxygens (including phenoxy) is 3. The minimum Gasteiger partial charge on any atom is -0.494 e. The fraction of sp³-hybridized carbons (Fsp3) is 0.375. The van der Waals surface area contributed by atoms with Crippen LogP contribution < -0.4 is 23.8 Å². The third kappa shape index (κ3) is 8.96. The highest BCUT2D eigenvalue weighted by Crippen LogP contribution is 2.33. The molecule has 0 heterocycles. The third-order valence-corrected chi connectivity index (χ3v) is 9.19. The molecule has 45 heavy (non-hydrogen) atoms. The van der Waals surface area contributed by atoms with Gasteiger partial charge in [0.25, 0.3) is 10.0 Å². The predicted octanol–water partition coefficient (Wildman–Crippen LogP) is 5.94. The van der Waals surface area contributed by atoms with Crippen LogP contribution in [0.3, 0.4) is 0 Å². The summed E-state index contributed by atoms with van der Waals surface area (Å²) < 4.78 is 45.7. The summed E-state index contributed by atoms with van der Waals surface area (Å²) in [5.41, 5.74) is 0.756. The number of benzene rings is 3. The Morgan fingerprint density at radius 2 is 1.58 bits per heavy atom. The van der Waals surface area contributed by atoms with Crippen molar-refractivity contribution in [3.05, 3.63) is 76.3 Å². The van der Waals surface area contributed by atoms with Crippen molar-refractivity contribution in [2.24, 2.45) is 0 Å². The van der Waals surface area contributed by atoms with Crippen molar-refractivity contribution in [2.75, 3.05) is 31.7 Å². The first kappa shape index (κ1) is 35.8. The lowest BCUT2D eigenvalue weighted by Crippen LogP contribution is -2.53. The summed E-state index contributed by atoms with van der Waals surface area (Å²) in [5.74, 6) is 0.0810. The van der Waals surface area contributed by atoms with Crippen LogP contribution >= 0.6 is 23.2 Å². The Kier molecular flexibility index (Phi) is 12.8. The quantitative estimate of drug-likeness (QED) is 0.212. The zero-order valence-electron chi connectivity index (χ0n) is 26.2. The van der Waals surface area contributed by atoms with E-state index in [-0.39, 0.29) is 41.2 Å². The Hall–Kier alpha value is -3.67. The van der Waals surface area contributed by atoms with Gasteiger partial charge in [0.1, 0.15) is 18.3 Å². The van der Waals surface area contributed by atoms with Gasteiger partial charge in [0, 0.05) is 28.7 Å². The number of halogens is 2. The fourth-order valence-electron chi connectivity index (χ4n) is 4.64. The first-order chi connectivity index (χ1) is 21.4. The summed E-state index contributed by atoms with van der Waals surface area (Å²) in [4.78, 5) is 28.8. The Morgan fingerprint density at radius 3 is 2.13 bits per heavy atom. The molecule has 3 rings (SSSR count). The molecular weight excluding hydrogens is 641 g/mol. The zero-order chi connectivity index (χ0) is 33.3. The molecular formula is C32H39Cl2N3O7S. The van der Waals surface area contributed by atoms with Crippen LogP contribution in [0, 0.1) is 0 Å². The van der Waals surface area contributed by atoms with Crippen LogP contribution in [0.4, 0.5) is 5.69 Å². The van der Waals surface area contributed by atoms with Crippen molar-refractivity contribution in [1.29, 1.82) is 0 Å². The number of carbonyl (C=O) groups excluding carboxylic acids is 2. The molecule has 0 saturated carbocycles. The van der Waals surface area contributed by atoms with Crippen LogP contribution in [0.1, 0.15) is 39.7 Å². The summed E-state index contributed by atoms with van der Waals surface area (Å²) in [5, 5.41) is 3.58. The molecule has 3 aromatic rings. The van der Waals surface area contributed by atoms with E-state index < -0.39 is 28.5 Å². The molecule has 1 atom stereocenters. The van der Waals surface area contributed by atoms with Gasteiger partial charge in [-0.15, -0.1) is 0 Å². The molecule has 0 aliphatic carbocycles. The Labute approximate surface area is 275 Å². The standard InChI is InChI=1S/C32H39Cl2N3O7S/c1-7-28(32(39)35-21(3)4)36(19-22-9-10-23(33)17-27(22)34)31(38)20-37(24-11-13-25(14-12-24)44-8-2)45(40,41)26-15-16-29(42-5)30(18-26)43-6/h9-18,21,28H,7-8,19-20H2,1-6H3,(H,35,39)/t28-/m0/s1. The first-order valence-electron chi connectivity index (χ1n) is 14.4. The van der Waals surface area contributed by atoms with Gasteiger partial charge in [0.05, 0.1) is 31.4 Å². The number of nitrogens with zero attached hydrogens (tertiary/aromatic N) is 2. The maximum atomic E-state index is 14.3. The SMILES string of the molecule is CCOc1ccc(N(CC(=O)N(Cc2ccc(Cl)cc2Cl)[C@@H](CC)C(=O)NC(C)C)S(=O)(=O)c2ccc(OC)c(OC)c2)cc1. The van der Waals surface area contributed by atoms with Gasteiger partial charge >= 0.3 is 0 Å². The number of methoxy groups -OCH3 is 2. The van der Waals surface area contributed by atoms with E-state index in [9.17, 15) is 18.0 Å². The average Bonchev–Trinajstić information content (AvgIpc) is 3.00. The predicted molar refractivity (Wildman–Crippen MR) is 176 cm³/mol. The van der Waals surface area contributed by atoms with Crippen molar-refractivity contribution in [3.63, 3.8) is 0 Å². The third-order valence-electron chi connectivity index (χ3n) is 6.83. The van der Waals surface area contributed by atoms with E-state index in [2.05, 4.69) is 5.32 Å². The van der Waals surface area contributed by atoms with E-state index in [1.807, 2.05) is 20.8 Å². The van der Waals surface area contributed by atoms with Crippen molar-refractivity contribution >= 4 is 50.7 Å². The molecule has 10 nitrogen and oxygen atoms in total. The van der Waals surface area contributed by atoms with E-state index in [4.69, 9.17) is 37.4 Å². The molecule has 0 bridgehead atoms. The van der Waals surface area contributed by atoms with Gasteiger partial charge in [-0.2, -0.15) is 0 Å². The maximum absolute atomic E-state index is 14.3. The van der Waals surface area contributed by atoms with Crippen LogP contribution in [0.25, 0.3) is 0 Å². The smallest absolute Gasteiger partial charge is 0.264 e. The molecule has 0 unspecified atom stereocenters. The summed E-state index contributed by atoms with van der Waals surface area (Å²) in [6.45, 7) is 6.98. The van der Waals surface area contributed by atoms with Crippen LogP contribution in [-0.2, 0) is 26.2 Å². The molecule has 0 aliphatic heterocycles. The van der Waals surface area contributed by atoms with Crippen LogP contribution in [-0.4, -0.2) is 64.6 Å². The second-order valence-corrected chi connectivity index (χ2v) is 13.0. The first-order valence-corrected chi connectivity index (χ1v) is 16.6. The van der Waals surface area contributed by atoms with Gasteiger partial charge in [0.2, 0.25) is 11.8 Å². The van der Waals surface area contributed by atoms with Crippen molar-refractivity contribution in [1.82, 2.24) is 10.2 Å². The molecule has 244 valence electrons. The molecule has 0 saturated heterocycles. The zero-order valence-corrected chi connectivity index (χ0v) is 28.5. The van der Waals surface area contributed by atoms with Gasteiger partial charge in [0.15, 0.2) is 11.5 Å². The minimum atomic E-state index is -4.36.